The standard InChI is InChI=1S/C15H19N3O2S/c1-2-11-7-12-14(16-9-17-15(12)21-11)18-5-3-4-10(8-18)6-13(19)20/h7,9-10H,2-6,8H2,1H3,(H,19,20). The molecule has 2 aromatic rings. The second-order valence-electron chi connectivity index (χ2n) is 5.53. The maximum absolute atomic E-state index is 10.9. The van der Waals surface area contributed by atoms with Crippen LogP contribution in [0.3, 0.4) is 0 Å². The van der Waals surface area contributed by atoms with Gasteiger partial charge in [0, 0.05) is 24.4 Å². The van der Waals surface area contributed by atoms with E-state index in [1.807, 2.05) is 0 Å². The molecule has 1 aliphatic rings. The summed E-state index contributed by atoms with van der Waals surface area (Å²) >= 11 is 1.71. The summed E-state index contributed by atoms with van der Waals surface area (Å²) in [7, 11) is 0. The molecular weight excluding hydrogens is 286 g/mol. The van der Waals surface area contributed by atoms with Gasteiger partial charge in [-0.25, -0.2) is 9.97 Å². The highest BCUT2D eigenvalue weighted by molar-refractivity contribution is 7.18. The lowest BCUT2D eigenvalue weighted by atomic mass is 9.95. The number of rotatable bonds is 4. The highest BCUT2D eigenvalue weighted by Gasteiger charge is 2.24. The number of thiophene rings is 1. The van der Waals surface area contributed by atoms with E-state index in [4.69, 9.17) is 5.11 Å². The lowest BCUT2D eigenvalue weighted by Gasteiger charge is -2.33. The Labute approximate surface area is 127 Å². The molecule has 0 aliphatic carbocycles. The second kappa shape index (κ2) is 5.97. The van der Waals surface area contributed by atoms with E-state index in [9.17, 15) is 4.79 Å². The van der Waals surface area contributed by atoms with Crippen LogP contribution in [-0.2, 0) is 11.2 Å². The molecule has 112 valence electrons. The maximum Gasteiger partial charge on any atom is 0.303 e. The number of aliphatic carboxylic acids is 1. The first-order valence-electron chi connectivity index (χ1n) is 7.37. The summed E-state index contributed by atoms with van der Waals surface area (Å²) < 4.78 is 0. The van der Waals surface area contributed by atoms with E-state index < -0.39 is 5.97 Å². The Bertz CT molecular complexity index is 655. The van der Waals surface area contributed by atoms with Crippen molar-refractivity contribution >= 4 is 33.3 Å². The topological polar surface area (TPSA) is 66.3 Å². The van der Waals surface area contributed by atoms with Crippen LogP contribution in [0.25, 0.3) is 10.2 Å². The van der Waals surface area contributed by atoms with Gasteiger partial charge in [-0.1, -0.05) is 6.92 Å². The van der Waals surface area contributed by atoms with Gasteiger partial charge in [0.05, 0.1) is 5.39 Å². The Morgan fingerprint density at radius 1 is 1.52 bits per heavy atom. The van der Waals surface area contributed by atoms with Crippen molar-refractivity contribution in [1.29, 1.82) is 0 Å². The van der Waals surface area contributed by atoms with Crippen molar-refractivity contribution in [2.24, 2.45) is 5.92 Å². The normalized spacial score (nSPS) is 19.1. The average molecular weight is 305 g/mol. The quantitative estimate of drug-likeness (QED) is 0.940. The van der Waals surface area contributed by atoms with Crippen molar-refractivity contribution in [1.82, 2.24) is 9.97 Å². The largest absolute Gasteiger partial charge is 0.481 e. The van der Waals surface area contributed by atoms with Crippen molar-refractivity contribution in [3.63, 3.8) is 0 Å². The van der Waals surface area contributed by atoms with Gasteiger partial charge in [0.25, 0.3) is 0 Å². The van der Waals surface area contributed by atoms with Gasteiger partial charge in [0.1, 0.15) is 17.0 Å². The highest BCUT2D eigenvalue weighted by Crippen LogP contribution is 2.33. The minimum Gasteiger partial charge on any atom is -0.481 e. The third-order valence-corrected chi connectivity index (χ3v) is 5.18. The zero-order chi connectivity index (χ0) is 14.8. The third-order valence-electron chi connectivity index (χ3n) is 3.99. The Morgan fingerprint density at radius 2 is 2.38 bits per heavy atom. The number of fused-ring (bicyclic) bond motifs is 1. The van der Waals surface area contributed by atoms with Crippen molar-refractivity contribution < 1.29 is 9.90 Å². The predicted molar refractivity (Wildman–Crippen MR) is 84.0 cm³/mol. The first-order chi connectivity index (χ1) is 10.2. The fourth-order valence-electron chi connectivity index (χ4n) is 2.99. The number of carboxylic acid groups (broad SMARTS) is 1. The van der Waals surface area contributed by atoms with E-state index in [2.05, 4.69) is 27.9 Å². The van der Waals surface area contributed by atoms with Gasteiger partial charge in [0.15, 0.2) is 0 Å². The predicted octanol–water partition coefficient (Wildman–Crippen LogP) is 2.94. The highest BCUT2D eigenvalue weighted by atomic mass is 32.1. The number of aryl methyl sites for hydroxylation is 1. The summed E-state index contributed by atoms with van der Waals surface area (Å²) in [6, 6.07) is 2.18. The van der Waals surface area contributed by atoms with Crippen molar-refractivity contribution in [2.45, 2.75) is 32.6 Å². The number of hydrogen-bond acceptors (Lipinski definition) is 5. The summed E-state index contributed by atoms with van der Waals surface area (Å²) in [6.07, 6.45) is 4.88. The number of anilines is 1. The van der Waals surface area contributed by atoms with Crippen molar-refractivity contribution in [3.8, 4) is 0 Å². The van der Waals surface area contributed by atoms with Gasteiger partial charge in [-0.15, -0.1) is 11.3 Å². The number of aromatic nitrogens is 2. The van der Waals surface area contributed by atoms with Gasteiger partial charge < -0.3 is 10.0 Å². The fraction of sp³-hybridized carbons (Fsp3) is 0.533. The van der Waals surface area contributed by atoms with Gasteiger partial charge in [0.2, 0.25) is 0 Å². The summed E-state index contributed by atoms with van der Waals surface area (Å²) in [5.74, 6) is 0.468. The first-order valence-corrected chi connectivity index (χ1v) is 8.19. The lowest BCUT2D eigenvalue weighted by molar-refractivity contribution is -0.138. The fourth-order valence-corrected chi connectivity index (χ4v) is 3.92. The molecule has 0 spiro atoms. The Hall–Kier alpha value is -1.69. The Balaban J connectivity index is 1.88. The van der Waals surface area contributed by atoms with Crippen molar-refractivity contribution in [2.75, 3.05) is 18.0 Å². The smallest absolute Gasteiger partial charge is 0.303 e. The van der Waals surface area contributed by atoms with Crippen molar-refractivity contribution in [3.05, 3.63) is 17.3 Å². The van der Waals surface area contributed by atoms with E-state index in [-0.39, 0.29) is 12.3 Å². The van der Waals surface area contributed by atoms with Gasteiger partial charge in [-0.05, 0) is 31.2 Å². The van der Waals surface area contributed by atoms with Gasteiger partial charge >= 0.3 is 5.97 Å². The minimum absolute atomic E-state index is 0.213. The number of hydrogen-bond donors (Lipinski definition) is 1. The number of carboxylic acids is 1. The molecule has 3 rings (SSSR count). The molecule has 3 heterocycles. The van der Waals surface area contributed by atoms with Crippen LogP contribution >= 0.6 is 11.3 Å². The van der Waals surface area contributed by atoms with Crippen LogP contribution in [0.1, 0.15) is 31.1 Å². The van der Waals surface area contributed by atoms with E-state index in [0.717, 1.165) is 48.4 Å². The molecular formula is C15H19N3O2S. The second-order valence-corrected chi connectivity index (χ2v) is 6.65. The molecule has 1 aliphatic heterocycles. The summed E-state index contributed by atoms with van der Waals surface area (Å²) in [5, 5.41) is 10.1. The molecule has 1 fully saturated rings. The minimum atomic E-state index is -0.710. The van der Waals surface area contributed by atoms with Crippen LogP contribution in [-0.4, -0.2) is 34.1 Å². The molecule has 1 unspecified atom stereocenters. The Morgan fingerprint density at radius 3 is 3.14 bits per heavy atom. The Kier molecular flexibility index (Phi) is 4.05. The van der Waals surface area contributed by atoms with Gasteiger partial charge in [-0.3, -0.25) is 4.79 Å². The van der Waals surface area contributed by atoms with Crippen LogP contribution in [0.15, 0.2) is 12.4 Å². The summed E-state index contributed by atoms with van der Waals surface area (Å²) in [6.45, 7) is 3.86. The molecule has 0 saturated carbocycles. The SMILES string of the molecule is CCc1cc2c(N3CCCC(CC(=O)O)C3)ncnc2s1. The van der Waals surface area contributed by atoms with Crippen LogP contribution in [0.2, 0.25) is 0 Å². The zero-order valence-electron chi connectivity index (χ0n) is 12.1. The molecule has 6 heteroatoms. The van der Waals surface area contributed by atoms with E-state index in [1.165, 1.54) is 4.88 Å². The number of carbonyl (C=O) groups is 1. The van der Waals surface area contributed by atoms with E-state index in [1.54, 1.807) is 17.7 Å². The van der Waals surface area contributed by atoms with Crippen LogP contribution in [0, 0.1) is 5.92 Å². The van der Waals surface area contributed by atoms with Crippen LogP contribution < -0.4 is 4.90 Å². The lowest BCUT2D eigenvalue weighted by Crippen LogP contribution is -2.36. The average Bonchev–Trinajstić information content (AvgIpc) is 2.89. The number of nitrogens with zero attached hydrogens (tertiary/aromatic N) is 3. The molecule has 5 nitrogen and oxygen atoms in total. The van der Waals surface area contributed by atoms with Crippen LogP contribution in [0.5, 0.6) is 0 Å². The van der Waals surface area contributed by atoms with Crippen LogP contribution in [0.4, 0.5) is 5.82 Å². The molecule has 1 saturated heterocycles. The van der Waals surface area contributed by atoms with E-state index >= 15 is 0 Å². The summed E-state index contributed by atoms with van der Waals surface area (Å²) in [4.78, 5) is 24.3. The molecule has 0 bridgehead atoms. The first kappa shape index (κ1) is 14.3. The molecule has 21 heavy (non-hydrogen) atoms. The molecule has 2 aromatic heterocycles. The monoisotopic (exact) mass is 305 g/mol. The molecule has 1 atom stereocenters. The third kappa shape index (κ3) is 3.00. The summed E-state index contributed by atoms with van der Waals surface area (Å²) in [5.41, 5.74) is 0. The molecule has 1 N–H and O–H groups in total. The molecule has 0 amide bonds. The zero-order valence-corrected chi connectivity index (χ0v) is 12.9. The molecule has 0 radical (unpaired) electrons. The maximum atomic E-state index is 10.9. The van der Waals surface area contributed by atoms with Gasteiger partial charge in [-0.2, -0.15) is 0 Å². The van der Waals surface area contributed by atoms with E-state index in [0.29, 0.717) is 0 Å². The molecule has 0 aromatic carbocycles. The number of piperidine rings is 1.